The van der Waals surface area contributed by atoms with Gasteiger partial charge in [-0.2, -0.15) is 0 Å². The van der Waals surface area contributed by atoms with Crippen molar-refractivity contribution in [3.8, 4) is 0 Å². The van der Waals surface area contributed by atoms with Gasteiger partial charge in [0.25, 0.3) is 0 Å². The van der Waals surface area contributed by atoms with Crippen LogP contribution in [0.25, 0.3) is 0 Å². The van der Waals surface area contributed by atoms with E-state index in [1.165, 1.54) is 25.7 Å². The molecular formula is C11H22N2. The fourth-order valence-electron chi connectivity index (χ4n) is 2.28. The fourth-order valence-corrected chi connectivity index (χ4v) is 2.28. The van der Waals surface area contributed by atoms with Gasteiger partial charge in [-0.1, -0.05) is 18.9 Å². The van der Waals surface area contributed by atoms with Crippen LogP contribution in [0.3, 0.4) is 0 Å². The lowest BCUT2D eigenvalue weighted by Gasteiger charge is -2.37. The maximum atomic E-state index is 3.42. The smallest absolute Gasteiger partial charge is 0.0434 e. The van der Waals surface area contributed by atoms with Crippen LogP contribution >= 0.6 is 0 Å². The molecule has 1 fully saturated rings. The third-order valence-electron chi connectivity index (χ3n) is 3.01. The van der Waals surface area contributed by atoms with Crippen molar-refractivity contribution in [2.45, 2.75) is 44.7 Å². The molecule has 1 aliphatic carbocycles. The van der Waals surface area contributed by atoms with Gasteiger partial charge < -0.3 is 10.2 Å². The molecule has 1 saturated carbocycles. The Morgan fingerprint density at radius 3 is 2.62 bits per heavy atom. The number of rotatable bonds is 3. The zero-order chi connectivity index (χ0) is 9.68. The van der Waals surface area contributed by atoms with Crippen LogP contribution in [-0.2, 0) is 0 Å². The first-order valence-corrected chi connectivity index (χ1v) is 5.31. The summed E-state index contributed by atoms with van der Waals surface area (Å²) in [6.07, 6.45) is 9.70. The monoisotopic (exact) mass is 182 g/mol. The Balaban J connectivity index is 2.52. The van der Waals surface area contributed by atoms with E-state index >= 15 is 0 Å². The minimum Gasteiger partial charge on any atom is -0.376 e. The molecule has 0 bridgehead atoms. The first kappa shape index (κ1) is 10.6. The Kier molecular flexibility index (Phi) is 4.29. The molecule has 76 valence electrons. The number of nitrogens with zero attached hydrogens (tertiary/aromatic N) is 1. The summed E-state index contributed by atoms with van der Waals surface area (Å²) in [4.78, 5) is 2.35. The average Bonchev–Trinajstić information content (AvgIpc) is 2.18. The highest BCUT2D eigenvalue weighted by Gasteiger charge is 2.25. The van der Waals surface area contributed by atoms with Gasteiger partial charge in [0.05, 0.1) is 0 Å². The van der Waals surface area contributed by atoms with Gasteiger partial charge in [-0.05, 0) is 33.0 Å². The van der Waals surface area contributed by atoms with Gasteiger partial charge in [-0.25, -0.2) is 0 Å². The van der Waals surface area contributed by atoms with E-state index in [2.05, 4.69) is 43.5 Å². The van der Waals surface area contributed by atoms with Gasteiger partial charge in [0.2, 0.25) is 0 Å². The summed E-state index contributed by atoms with van der Waals surface area (Å²) >= 11 is 0. The Bertz CT molecular complexity index is 165. The second-order valence-electron chi connectivity index (χ2n) is 3.89. The Morgan fingerprint density at radius 1 is 1.31 bits per heavy atom. The van der Waals surface area contributed by atoms with Crippen LogP contribution in [0.15, 0.2) is 12.3 Å². The van der Waals surface area contributed by atoms with Crippen molar-refractivity contribution < 1.29 is 0 Å². The Morgan fingerprint density at radius 2 is 2.00 bits per heavy atom. The predicted molar refractivity (Wildman–Crippen MR) is 57.7 cm³/mol. The fraction of sp³-hybridized carbons (Fsp3) is 0.818. The van der Waals surface area contributed by atoms with Gasteiger partial charge in [-0.15, -0.1) is 0 Å². The average molecular weight is 182 g/mol. The Hall–Kier alpha value is -0.500. The molecule has 0 amide bonds. The molecule has 0 saturated heterocycles. The van der Waals surface area contributed by atoms with E-state index in [0.717, 1.165) is 0 Å². The van der Waals surface area contributed by atoms with E-state index < -0.39 is 0 Å². The normalized spacial score (nSPS) is 29.5. The zero-order valence-corrected chi connectivity index (χ0v) is 9.09. The molecule has 1 aliphatic rings. The summed E-state index contributed by atoms with van der Waals surface area (Å²) in [5.41, 5.74) is 0. The topological polar surface area (TPSA) is 15.3 Å². The molecular weight excluding hydrogens is 160 g/mol. The Labute approximate surface area is 82.0 Å². The molecule has 0 spiro atoms. The third kappa shape index (κ3) is 2.73. The lowest BCUT2D eigenvalue weighted by Crippen LogP contribution is -2.47. The van der Waals surface area contributed by atoms with Crippen molar-refractivity contribution in [1.82, 2.24) is 10.2 Å². The van der Waals surface area contributed by atoms with Crippen LogP contribution in [0.5, 0.6) is 0 Å². The van der Waals surface area contributed by atoms with Crippen LogP contribution in [-0.4, -0.2) is 31.1 Å². The van der Waals surface area contributed by atoms with Crippen molar-refractivity contribution in [3.05, 3.63) is 12.3 Å². The molecule has 2 atom stereocenters. The first-order valence-electron chi connectivity index (χ1n) is 5.31. The van der Waals surface area contributed by atoms with Crippen molar-refractivity contribution >= 4 is 0 Å². The quantitative estimate of drug-likeness (QED) is 0.718. The predicted octanol–water partition coefficient (Wildman–Crippen LogP) is 1.98. The number of likely N-dealkylation sites (N-methyl/N-ethyl adjacent to an activating group) is 2. The van der Waals surface area contributed by atoms with E-state index in [1.54, 1.807) is 0 Å². The molecule has 0 heterocycles. The van der Waals surface area contributed by atoms with E-state index in [4.69, 9.17) is 0 Å². The highest BCUT2D eigenvalue weighted by Crippen LogP contribution is 2.22. The summed E-state index contributed by atoms with van der Waals surface area (Å²) in [6, 6.07) is 1.37. The SMILES string of the molecule is C/C=C/N(C)C1CCCCC1NC. The minimum absolute atomic E-state index is 0.676. The second kappa shape index (κ2) is 5.28. The number of nitrogens with one attached hydrogen (secondary N) is 1. The number of hydrogen-bond acceptors (Lipinski definition) is 2. The molecule has 2 unspecified atom stereocenters. The van der Waals surface area contributed by atoms with Crippen LogP contribution in [0.4, 0.5) is 0 Å². The molecule has 1 rings (SSSR count). The summed E-state index contributed by atoms with van der Waals surface area (Å²) in [7, 11) is 4.26. The summed E-state index contributed by atoms with van der Waals surface area (Å²) < 4.78 is 0. The summed E-state index contributed by atoms with van der Waals surface area (Å²) in [5.74, 6) is 0. The van der Waals surface area contributed by atoms with Crippen molar-refractivity contribution in [2.24, 2.45) is 0 Å². The van der Waals surface area contributed by atoms with E-state index in [1.807, 2.05) is 0 Å². The van der Waals surface area contributed by atoms with Gasteiger partial charge >= 0.3 is 0 Å². The summed E-state index contributed by atoms with van der Waals surface area (Å²) in [5, 5.41) is 3.42. The van der Waals surface area contributed by atoms with Crippen LogP contribution in [0, 0.1) is 0 Å². The van der Waals surface area contributed by atoms with Crippen molar-refractivity contribution in [3.63, 3.8) is 0 Å². The summed E-state index contributed by atoms with van der Waals surface area (Å²) in [6.45, 7) is 2.08. The first-order chi connectivity index (χ1) is 6.29. The molecule has 0 radical (unpaired) electrons. The maximum absolute atomic E-state index is 3.42. The molecule has 0 aromatic carbocycles. The molecule has 2 heteroatoms. The highest BCUT2D eigenvalue weighted by atomic mass is 15.1. The maximum Gasteiger partial charge on any atom is 0.0434 e. The molecule has 0 aliphatic heterocycles. The molecule has 13 heavy (non-hydrogen) atoms. The van der Waals surface area contributed by atoms with Crippen LogP contribution in [0.1, 0.15) is 32.6 Å². The molecule has 0 aromatic rings. The lowest BCUT2D eigenvalue weighted by atomic mass is 9.89. The van der Waals surface area contributed by atoms with E-state index in [0.29, 0.717) is 12.1 Å². The second-order valence-corrected chi connectivity index (χ2v) is 3.89. The number of allylic oxidation sites excluding steroid dienone is 1. The lowest BCUT2D eigenvalue weighted by molar-refractivity contribution is 0.202. The van der Waals surface area contributed by atoms with E-state index in [-0.39, 0.29) is 0 Å². The molecule has 1 N–H and O–H groups in total. The van der Waals surface area contributed by atoms with Gasteiger partial charge in [0.1, 0.15) is 0 Å². The largest absolute Gasteiger partial charge is 0.376 e. The van der Waals surface area contributed by atoms with Crippen molar-refractivity contribution in [2.75, 3.05) is 14.1 Å². The van der Waals surface area contributed by atoms with Crippen LogP contribution in [0.2, 0.25) is 0 Å². The van der Waals surface area contributed by atoms with Gasteiger partial charge in [0, 0.05) is 19.1 Å². The number of hydrogen-bond donors (Lipinski definition) is 1. The van der Waals surface area contributed by atoms with Gasteiger partial charge in [-0.3, -0.25) is 0 Å². The van der Waals surface area contributed by atoms with Crippen molar-refractivity contribution in [1.29, 1.82) is 0 Å². The molecule has 2 nitrogen and oxygen atoms in total. The van der Waals surface area contributed by atoms with Gasteiger partial charge in [0.15, 0.2) is 0 Å². The minimum atomic E-state index is 0.676. The third-order valence-corrected chi connectivity index (χ3v) is 3.01. The highest BCUT2D eigenvalue weighted by molar-refractivity contribution is 4.91. The molecule has 0 aromatic heterocycles. The van der Waals surface area contributed by atoms with E-state index in [9.17, 15) is 0 Å². The zero-order valence-electron chi connectivity index (χ0n) is 9.09. The van der Waals surface area contributed by atoms with Crippen LogP contribution < -0.4 is 5.32 Å². The standard InChI is InChI=1S/C11H22N2/c1-4-9-13(3)11-8-6-5-7-10(11)12-2/h4,9-12H,5-8H2,1-3H3/b9-4+.